The number of hydrogen-bond acceptors (Lipinski definition) is 3. The minimum absolute atomic E-state index is 0.0543. The van der Waals surface area contributed by atoms with E-state index in [1.807, 2.05) is 13.8 Å². The van der Waals surface area contributed by atoms with Gasteiger partial charge >= 0.3 is 0 Å². The number of rotatable bonds is 5. The fourth-order valence-corrected chi connectivity index (χ4v) is 1.75. The van der Waals surface area contributed by atoms with Gasteiger partial charge in [-0.25, -0.2) is 0 Å². The summed E-state index contributed by atoms with van der Waals surface area (Å²) in [4.78, 5) is 11.9. The molecule has 0 spiro atoms. The summed E-state index contributed by atoms with van der Waals surface area (Å²) in [5, 5.41) is 2.71. The summed E-state index contributed by atoms with van der Waals surface area (Å²) < 4.78 is 12.9. The van der Waals surface area contributed by atoms with Gasteiger partial charge in [-0.05, 0) is 19.9 Å². The Kier molecular flexibility index (Phi) is 4.74. The number of aromatic nitrogens is 1. The highest BCUT2D eigenvalue weighted by molar-refractivity contribution is 7.84. The van der Waals surface area contributed by atoms with Crippen LogP contribution in [0.2, 0.25) is 0 Å². The van der Waals surface area contributed by atoms with Gasteiger partial charge in [0.25, 0.3) is 5.91 Å². The van der Waals surface area contributed by atoms with Gasteiger partial charge in [0.15, 0.2) is 0 Å². The van der Waals surface area contributed by atoms with Crippen molar-refractivity contribution in [3.8, 4) is 0 Å². The van der Waals surface area contributed by atoms with Gasteiger partial charge in [0.2, 0.25) is 0 Å². The molecular formula is C11H19N3O2S. The number of amides is 1. The monoisotopic (exact) mass is 257 g/mol. The van der Waals surface area contributed by atoms with Crippen molar-refractivity contribution in [1.82, 2.24) is 9.88 Å². The highest BCUT2D eigenvalue weighted by Crippen LogP contribution is 2.10. The van der Waals surface area contributed by atoms with Gasteiger partial charge in [-0.3, -0.25) is 9.00 Å². The number of nitrogen functional groups attached to an aromatic ring is 1. The number of hydrogen-bond donors (Lipinski definition) is 2. The van der Waals surface area contributed by atoms with Crippen molar-refractivity contribution in [2.24, 2.45) is 0 Å². The molecule has 1 heterocycles. The van der Waals surface area contributed by atoms with Gasteiger partial charge in [-0.15, -0.1) is 0 Å². The average molecular weight is 257 g/mol. The van der Waals surface area contributed by atoms with Crippen molar-refractivity contribution in [3.05, 3.63) is 18.0 Å². The number of nitrogens with zero attached hydrogens (tertiary/aromatic N) is 1. The molecule has 1 amide bonds. The van der Waals surface area contributed by atoms with Crippen molar-refractivity contribution in [2.75, 3.05) is 18.5 Å². The summed E-state index contributed by atoms with van der Waals surface area (Å²) in [6, 6.07) is 1.65. The molecule has 0 aliphatic carbocycles. The Morgan fingerprint density at radius 1 is 1.65 bits per heavy atom. The normalized spacial score (nSPS) is 14.3. The van der Waals surface area contributed by atoms with E-state index >= 15 is 0 Å². The van der Waals surface area contributed by atoms with Crippen molar-refractivity contribution in [1.29, 1.82) is 0 Å². The standard InChI is InChI=1S/C11H19N3O2S/c1-4-14-7-9(12)5-10(14)11(15)13-6-8(2)17(3)16/h5,7-8H,4,6,12H2,1-3H3,(H,13,15). The van der Waals surface area contributed by atoms with Crippen molar-refractivity contribution < 1.29 is 9.00 Å². The molecule has 0 fully saturated rings. The first-order valence-electron chi connectivity index (χ1n) is 5.51. The van der Waals surface area contributed by atoms with Crippen LogP contribution < -0.4 is 11.1 Å². The fourth-order valence-electron chi connectivity index (χ4n) is 1.43. The Labute approximate surface area is 104 Å². The predicted molar refractivity (Wildman–Crippen MR) is 70.4 cm³/mol. The van der Waals surface area contributed by atoms with Crippen LogP contribution in [0.15, 0.2) is 12.3 Å². The zero-order chi connectivity index (χ0) is 13.0. The van der Waals surface area contributed by atoms with E-state index in [1.54, 1.807) is 23.1 Å². The molecule has 0 radical (unpaired) electrons. The molecule has 0 bridgehead atoms. The third kappa shape index (κ3) is 3.59. The summed E-state index contributed by atoms with van der Waals surface area (Å²) in [6.07, 6.45) is 3.36. The lowest BCUT2D eigenvalue weighted by Crippen LogP contribution is -2.33. The molecule has 1 rings (SSSR count). The van der Waals surface area contributed by atoms with E-state index in [4.69, 9.17) is 5.73 Å². The van der Waals surface area contributed by atoms with E-state index in [-0.39, 0.29) is 11.2 Å². The first-order valence-corrected chi connectivity index (χ1v) is 7.13. The zero-order valence-electron chi connectivity index (χ0n) is 10.4. The molecule has 3 N–H and O–H groups in total. The fraction of sp³-hybridized carbons (Fsp3) is 0.545. The minimum Gasteiger partial charge on any atom is -0.397 e. The largest absolute Gasteiger partial charge is 0.397 e. The van der Waals surface area contributed by atoms with Gasteiger partial charge in [0.05, 0.1) is 5.69 Å². The molecule has 0 saturated carbocycles. The van der Waals surface area contributed by atoms with E-state index in [2.05, 4.69) is 5.32 Å². The van der Waals surface area contributed by atoms with Gasteiger partial charge < -0.3 is 15.6 Å². The maximum Gasteiger partial charge on any atom is 0.268 e. The van der Waals surface area contributed by atoms with Crippen LogP contribution in [0.25, 0.3) is 0 Å². The quantitative estimate of drug-likeness (QED) is 0.810. The van der Waals surface area contributed by atoms with Gasteiger partial charge in [0.1, 0.15) is 5.69 Å². The third-order valence-corrected chi connectivity index (χ3v) is 3.91. The molecule has 96 valence electrons. The van der Waals surface area contributed by atoms with Crippen LogP contribution in [0, 0.1) is 0 Å². The topological polar surface area (TPSA) is 77.1 Å². The SMILES string of the molecule is CCn1cc(N)cc1C(=O)NCC(C)S(C)=O. The molecule has 0 aliphatic rings. The van der Waals surface area contributed by atoms with E-state index in [1.165, 1.54) is 0 Å². The molecule has 6 heteroatoms. The highest BCUT2D eigenvalue weighted by atomic mass is 32.2. The predicted octanol–water partition coefficient (Wildman–Crippen LogP) is 0.587. The summed E-state index contributed by atoms with van der Waals surface area (Å²) in [7, 11) is -0.931. The zero-order valence-corrected chi connectivity index (χ0v) is 11.2. The first-order chi connectivity index (χ1) is 7.95. The Morgan fingerprint density at radius 3 is 2.82 bits per heavy atom. The van der Waals surface area contributed by atoms with Crippen LogP contribution in [-0.4, -0.2) is 32.7 Å². The lowest BCUT2D eigenvalue weighted by molar-refractivity contribution is 0.0945. The Balaban J connectivity index is 2.66. The second-order valence-electron chi connectivity index (χ2n) is 3.96. The number of anilines is 1. The van der Waals surface area contributed by atoms with Crippen LogP contribution in [0.1, 0.15) is 24.3 Å². The summed E-state index contributed by atoms with van der Waals surface area (Å²) in [6.45, 7) is 4.87. The van der Waals surface area contributed by atoms with Crippen LogP contribution in [-0.2, 0) is 17.3 Å². The van der Waals surface area contributed by atoms with E-state index in [0.717, 1.165) is 0 Å². The lowest BCUT2D eigenvalue weighted by atomic mass is 10.3. The average Bonchev–Trinajstić information content (AvgIpc) is 2.66. The molecule has 2 atom stereocenters. The molecular weight excluding hydrogens is 238 g/mol. The summed E-state index contributed by atoms with van der Waals surface area (Å²) in [5.74, 6) is -0.180. The van der Waals surface area contributed by atoms with Gasteiger partial charge in [0, 0.05) is 41.6 Å². The maximum atomic E-state index is 11.9. The smallest absolute Gasteiger partial charge is 0.268 e. The van der Waals surface area contributed by atoms with Crippen LogP contribution in [0.3, 0.4) is 0 Å². The Hall–Kier alpha value is -1.30. The van der Waals surface area contributed by atoms with Crippen LogP contribution >= 0.6 is 0 Å². The highest BCUT2D eigenvalue weighted by Gasteiger charge is 2.13. The second-order valence-corrected chi connectivity index (χ2v) is 5.77. The molecule has 0 aliphatic heterocycles. The molecule has 1 aromatic rings. The van der Waals surface area contributed by atoms with E-state index in [9.17, 15) is 9.00 Å². The van der Waals surface area contributed by atoms with Gasteiger partial charge in [-0.1, -0.05) is 0 Å². The second kappa shape index (κ2) is 5.86. The molecule has 5 nitrogen and oxygen atoms in total. The molecule has 1 aromatic heterocycles. The van der Waals surface area contributed by atoms with Gasteiger partial charge in [-0.2, -0.15) is 0 Å². The van der Waals surface area contributed by atoms with E-state index < -0.39 is 10.8 Å². The maximum absolute atomic E-state index is 11.9. The number of carbonyl (C=O) groups excluding carboxylic acids is 1. The number of carbonyl (C=O) groups is 1. The Bertz CT molecular complexity index is 428. The van der Waals surface area contributed by atoms with Crippen molar-refractivity contribution in [2.45, 2.75) is 25.6 Å². The van der Waals surface area contributed by atoms with Crippen LogP contribution in [0.5, 0.6) is 0 Å². The van der Waals surface area contributed by atoms with Crippen molar-refractivity contribution in [3.63, 3.8) is 0 Å². The Morgan fingerprint density at radius 2 is 2.29 bits per heavy atom. The van der Waals surface area contributed by atoms with E-state index in [0.29, 0.717) is 24.5 Å². The number of nitrogens with two attached hydrogens (primary N) is 1. The number of nitrogens with one attached hydrogen (secondary N) is 1. The third-order valence-electron chi connectivity index (χ3n) is 2.61. The molecule has 2 unspecified atom stereocenters. The molecule has 0 aromatic carbocycles. The summed E-state index contributed by atoms with van der Waals surface area (Å²) >= 11 is 0. The summed E-state index contributed by atoms with van der Waals surface area (Å²) in [5.41, 5.74) is 6.76. The number of aryl methyl sites for hydroxylation is 1. The lowest BCUT2D eigenvalue weighted by Gasteiger charge is -2.11. The molecule has 17 heavy (non-hydrogen) atoms. The molecule has 0 saturated heterocycles. The van der Waals surface area contributed by atoms with Crippen molar-refractivity contribution >= 4 is 22.4 Å². The van der Waals surface area contributed by atoms with Crippen LogP contribution in [0.4, 0.5) is 5.69 Å². The first kappa shape index (κ1) is 13.8. The minimum atomic E-state index is -0.931.